The van der Waals surface area contributed by atoms with Crippen LogP contribution >= 0.6 is 0 Å². The number of aliphatic hydroxyl groups is 1. The normalized spacial score (nSPS) is 17.0. The predicted octanol–water partition coefficient (Wildman–Crippen LogP) is 0.961. The number of hydrogen-bond donors (Lipinski definition) is 2. The molecule has 0 spiro atoms. The fourth-order valence-corrected chi connectivity index (χ4v) is 2.80. The number of nitrogens with zero attached hydrogens (tertiary/aromatic N) is 3. The molecule has 0 saturated carbocycles. The highest BCUT2D eigenvalue weighted by Gasteiger charge is 2.17. The molecule has 1 aliphatic heterocycles. The van der Waals surface area contributed by atoms with Gasteiger partial charge in [0.25, 0.3) is 0 Å². The molecule has 2 N–H and O–H groups in total. The van der Waals surface area contributed by atoms with E-state index in [-0.39, 0.29) is 6.03 Å². The standard InChI is InChI=1S/C17H28N4O2/c1-14(22)13-20(3)17(23)18-12-15-6-4-5-7-16(15)21-10-8-19(2)9-11-21/h4-7,14,22H,8-13H2,1-3H3,(H,18,23). The second-order valence-corrected chi connectivity index (χ2v) is 6.31. The van der Waals surface area contributed by atoms with Crippen molar-refractivity contribution in [2.75, 3.05) is 51.7 Å². The van der Waals surface area contributed by atoms with Crippen molar-refractivity contribution in [1.82, 2.24) is 15.1 Å². The number of amides is 2. The van der Waals surface area contributed by atoms with Gasteiger partial charge in [-0.05, 0) is 25.6 Å². The van der Waals surface area contributed by atoms with Crippen LogP contribution in [0, 0.1) is 0 Å². The maximum atomic E-state index is 12.1. The van der Waals surface area contributed by atoms with E-state index in [1.165, 1.54) is 10.6 Å². The molecule has 1 unspecified atom stereocenters. The largest absolute Gasteiger partial charge is 0.392 e. The smallest absolute Gasteiger partial charge is 0.317 e. The lowest BCUT2D eigenvalue weighted by molar-refractivity contribution is 0.143. The van der Waals surface area contributed by atoms with Gasteiger partial charge in [0.2, 0.25) is 0 Å². The molecule has 1 heterocycles. The van der Waals surface area contributed by atoms with Crippen molar-refractivity contribution in [2.45, 2.75) is 19.6 Å². The third-order valence-corrected chi connectivity index (χ3v) is 4.15. The molecule has 1 aliphatic rings. The molecular weight excluding hydrogens is 292 g/mol. The zero-order valence-corrected chi connectivity index (χ0v) is 14.3. The Kier molecular flexibility index (Phi) is 6.24. The molecule has 1 fully saturated rings. The van der Waals surface area contributed by atoms with Crippen molar-refractivity contribution in [1.29, 1.82) is 0 Å². The highest BCUT2D eigenvalue weighted by Crippen LogP contribution is 2.21. The van der Waals surface area contributed by atoms with E-state index in [4.69, 9.17) is 0 Å². The molecule has 0 bridgehead atoms. The molecule has 1 aromatic carbocycles. The number of nitrogens with one attached hydrogen (secondary N) is 1. The Labute approximate surface area is 138 Å². The summed E-state index contributed by atoms with van der Waals surface area (Å²) in [6, 6.07) is 8.05. The minimum Gasteiger partial charge on any atom is -0.392 e. The Morgan fingerprint density at radius 1 is 1.30 bits per heavy atom. The zero-order chi connectivity index (χ0) is 16.8. The molecule has 1 saturated heterocycles. The molecule has 2 rings (SSSR count). The van der Waals surface area contributed by atoms with Crippen LogP contribution in [-0.4, -0.2) is 73.9 Å². The van der Waals surface area contributed by atoms with Gasteiger partial charge in [-0.2, -0.15) is 0 Å². The summed E-state index contributed by atoms with van der Waals surface area (Å²) in [5, 5.41) is 12.3. The zero-order valence-electron chi connectivity index (χ0n) is 14.3. The number of aliphatic hydroxyl groups excluding tert-OH is 1. The number of carbonyl (C=O) groups excluding carboxylic acids is 1. The van der Waals surface area contributed by atoms with Crippen molar-refractivity contribution in [2.24, 2.45) is 0 Å². The summed E-state index contributed by atoms with van der Waals surface area (Å²) in [5.41, 5.74) is 2.31. The monoisotopic (exact) mass is 320 g/mol. The number of likely N-dealkylation sites (N-methyl/N-ethyl adjacent to an activating group) is 2. The van der Waals surface area contributed by atoms with Crippen molar-refractivity contribution in [3.8, 4) is 0 Å². The van der Waals surface area contributed by atoms with Gasteiger partial charge in [0.1, 0.15) is 0 Å². The minimum atomic E-state index is -0.525. The number of para-hydroxylation sites is 1. The maximum Gasteiger partial charge on any atom is 0.317 e. The quantitative estimate of drug-likeness (QED) is 0.848. The van der Waals surface area contributed by atoms with Crippen LogP contribution in [0.1, 0.15) is 12.5 Å². The summed E-state index contributed by atoms with van der Waals surface area (Å²) in [7, 11) is 3.83. The SMILES string of the molecule is CC(O)CN(C)C(=O)NCc1ccccc1N1CCN(C)CC1. The van der Waals surface area contributed by atoms with Crippen LogP contribution in [0.2, 0.25) is 0 Å². The van der Waals surface area contributed by atoms with Crippen LogP contribution in [0.25, 0.3) is 0 Å². The minimum absolute atomic E-state index is 0.168. The Morgan fingerprint density at radius 3 is 2.61 bits per heavy atom. The van der Waals surface area contributed by atoms with Gasteiger partial charge >= 0.3 is 6.03 Å². The van der Waals surface area contributed by atoms with Crippen LogP contribution in [0.15, 0.2) is 24.3 Å². The highest BCUT2D eigenvalue weighted by atomic mass is 16.3. The van der Waals surface area contributed by atoms with Crippen molar-refractivity contribution < 1.29 is 9.90 Å². The fraction of sp³-hybridized carbons (Fsp3) is 0.588. The van der Waals surface area contributed by atoms with E-state index in [1.54, 1.807) is 14.0 Å². The molecule has 6 nitrogen and oxygen atoms in total. The Hall–Kier alpha value is -1.79. The van der Waals surface area contributed by atoms with Gasteiger partial charge in [0.05, 0.1) is 6.10 Å². The molecule has 2 amide bonds. The van der Waals surface area contributed by atoms with E-state index in [0.717, 1.165) is 31.7 Å². The number of rotatable bonds is 5. The lowest BCUT2D eigenvalue weighted by Gasteiger charge is -2.35. The summed E-state index contributed by atoms with van der Waals surface area (Å²) in [6.45, 7) is 6.60. The van der Waals surface area contributed by atoms with Gasteiger partial charge in [-0.25, -0.2) is 4.79 Å². The van der Waals surface area contributed by atoms with Crippen molar-refractivity contribution >= 4 is 11.7 Å². The number of urea groups is 1. The van der Waals surface area contributed by atoms with Crippen LogP contribution in [0.4, 0.5) is 10.5 Å². The van der Waals surface area contributed by atoms with E-state index < -0.39 is 6.10 Å². The molecule has 1 aromatic rings. The van der Waals surface area contributed by atoms with Crippen molar-refractivity contribution in [3.63, 3.8) is 0 Å². The molecule has 0 aromatic heterocycles. The fourth-order valence-electron chi connectivity index (χ4n) is 2.80. The Balaban J connectivity index is 1.96. The highest BCUT2D eigenvalue weighted by molar-refractivity contribution is 5.74. The third-order valence-electron chi connectivity index (χ3n) is 4.15. The molecule has 128 valence electrons. The summed E-state index contributed by atoms with van der Waals surface area (Å²) >= 11 is 0. The average Bonchev–Trinajstić information content (AvgIpc) is 2.53. The van der Waals surface area contributed by atoms with Crippen molar-refractivity contribution in [3.05, 3.63) is 29.8 Å². The lowest BCUT2D eigenvalue weighted by atomic mass is 10.1. The topological polar surface area (TPSA) is 59.1 Å². The number of piperazine rings is 1. The first kappa shape index (κ1) is 17.6. The molecule has 0 radical (unpaired) electrons. The maximum absolute atomic E-state index is 12.1. The summed E-state index contributed by atoms with van der Waals surface area (Å²) in [4.78, 5) is 18.3. The van der Waals surface area contributed by atoms with Gasteiger partial charge in [0, 0.05) is 52.0 Å². The van der Waals surface area contributed by atoms with E-state index in [0.29, 0.717) is 13.1 Å². The third kappa shape index (κ3) is 5.11. The molecule has 0 aliphatic carbocycles. The first-order valence-electron chi connectivity index (χ1n) is 8.16. The van der Waals surface area contributed by atoms with Gasteiger partial charge in [-0.1, -0.05) is 18.2 Å². The van der Waals surface area contributed by atoms with Crippen LogP contribution < -0.4 is 10.2 Å². The summed E-state index contributed by atoms with van der Waals surface area (Å²) in [6.07, 6.45) is -0.525. The van der Waals surface area contributed by atoms with E-state index in [1.807, 2.05) is 12.1 Å². The lowest BCUT2D eigenvalue weighted by Crippen LogP contribution is -2.45. The molecule has 6 heteroatoms. The predicted molar refractivity (Wildman–Crippen MR) is 92.7 cm³/mol. The van der Waals surface area contributed by atoms with Gasteiger partial charge in [0.15, 0.2) is 0 Å². The number of hydrogen-bond acceptors (Lipinski definition) is 4. The van der Waals surface area contributed by atoms with Gasteiger partial charge in [-0.3, -0.25) is 0 Å². The molecular formula is C17H28N4O2. The van der Waals surface area contributed by atoms with Crippen LogP contribution in [0.3, 0.4) is 0 Å². The second-order valence-electron chi connectivity index (χ2n) is 6.31. The number of benzene rings is 1. The summed E-state index contributed by atoms with van der Waals surface area (Å²) in [5.74, 6) is 0. The summed E-state index contributed by atoms with van der Waals surface area (Å²) < 4.78 is 0. The van der Waals surface area contributed by atoms with Gasteiger partial charge < -0.3 is 25.1 Å². The van der Waals surface area contributed by atoms with E-state index in [2.05, 4.69) is 34.3 Å². The number of anilines is 1. The average molecular weight is 320 g/mol. The van der Waals surface area contributed by atoms with E-state index in [9.17, 15) is 9.90 Å². The number of carbonyl (C=O) groups is 1. The van der Waals surface area contributed by atoms with Gasteiger partial charge in [-0.15, -0.1) is 0 Å². The first-order valence-corrected chi connectivity index (χ1v) is 8.16. The van der Waals surface area contributed by atoms with Crippen LogP contribution in [-0.2, 0) is 6.54 Å². The van der Waals surface area contributed by atoms with E-state index >= 15 is 0 Å². The Morgan fingerprint density at radius 2 is 1.96 bits per heavy atom. The second kappa shape index (κ2) is 8.17. The molecule has 23 heavy (non-hydrogen) atoms. The Bertz CT molecular complexity index is 513. The van der Waals surface area contributed by atoms with Crippen LogP contribution in [0.5, 0.6) is 0 Å². The molecule has 1 atom stereocenters. The first-order chi connectivity index (χ1) is 11.0.